The maximum atomic E-state index is 13.1. The topological polar surface area (TPSA) is 101 Å². The van der Waals surface area contributed by atoms with Crippen LogP contribution in [-0.4, -0.2) is 32.6 Å². The Labute approximate surface area is 193 Å². The zero-order valence-corrected chi connectivity index (χ0v) is 19.0. The van der Waals surface area contributed by atoms with Crippen LogP contribution in [-0.2, 0) is 11.8 Å². The summed E-state index contributed by atoms with van der Waals surface area (Å²) in [6.07, 6.45) is 10.2. The second kappa shape index (κ2) is 10.3. The number of carbonyl (C=O) groups excluding carboxylic acids is 2. The molecule has 0 bridgehead atoms. The van der Waals surface area contributed by atoms with Crippen molar-refractivity contribution in [2.45, 2.75) is 45.1 Å². The van der Waals surface area contributed by atoms with Gasteiger partial charge in [0.05, 0.1) is 11.9 Å². The molecule has 1 aliphatic carbocycles. The molecule has 2 amide bonds. The van der Waals surface area contributed by atoms with Crippen molar-refractivity contribution in [3.8, 4) is 0 Å². The number of amides is 2. The zero-order valence-electron chi connectivity index (χ0n) is 19.0. The van der Waals surface area contributed by atoms with Crippen molar-refractivity contribution in [3.05, 3.63) is 66.1 Å². The summed E-state index contributed by atoms with van der Waals surface area (Å²) in [6.45, 7) is 1.97. The molecule has 3 N–H and O–H groups in total. The van der Waals surface area contributed by atoms with E-state index in [9.17, 15) is 9.59 Å². The molecule has 3 aromatic rings. The first kappa shape index (κ1) is 22.5. The van der Waals surface area contributed by atoms with Gasteiger partial charge in [0.2, 0.25) is 5.91 Å². The highest BCUT2D eigenvalue weighted by atomic mass is 16.2. The highest BCUT2D eigenvalue weighted by Gasteiger charge is 2.27. The number of nitrogens with one attached hydrogen (secondary N) is 3. The molecule has 2 aromatic heterocycles. The van der Waals surface area contributed by atoms with E-state index in [2.05, 4.69) is 26.0 Å². The van der Waals surface area contributed by atoms with Crippen LogP contribution in [0.5, 0.6) is 0 Å². The van der Waals surface area contributed by atoms with E-state index >= 15 is 0 Å². The van der Waals surface area contributed by atoms with Gasteiger partial charge in [0, 0.05) is 30.7 Å². The number of hydrogen-bond donors (Lipinski definition) is 3. The molecular formula is C25H30N6O2. The molecule has 1 aromatic carbocycles. The third-order valence-electron chi connectivity index (χ3n) is 6.03. The monoisotopic (exact) mass is 446 g/mol. The summed E-state index contributed by atoms with van der Waals surface area (Å²) in [6, 6.07) is 10.5. The van der Waals surface area contributed by atoms with E-state index < -0.39 is 6.04 Å². The van der Waals surface area contributed by atoms with Crippen LogP contribution in [0.1, 0.15) is 48.0 Å². The summed E-state index contributed by atoms with van der Waals surface area (Å²) in [5.41, 5.74) is 2.87. The van der Waals surface area contributed by atoms with E-state index in [1.807, 2.05) is 31.2 Å². The smallest absolute Gasteiger partial charge is 0.252 e. The molecular weight excluding hydrogens is 416 g/mol. The van der Waals surface area contributed by atoms with Crippen molar-refractivity contribution in [1.29, 1.82) is 0 Å². The van der Waals surface area contributed by atoms with Gasteiger partial charge < -0.3 is 16.0 Å². The Bertz CT molecular complexity index is 1120. The van der Waals surface area contributed by atoms with Gasteiger partial charge in [-0.05, 0) is 49.1 Å². The predicted molar refractivity (Wildman–Crippen MR) is 128 cm³/mol. The average molecular weight is 447 g/mol. The molecule has 2 heterocycles. The fourth-order valence-electron chi connectivity index (χ4n) is 4.26. The molecule has 172 valence electrons. The molecule has 1 fully saturated rings. The minimum absolute atomic E-state index is 0.221. The molecule has 0 saturated heterocycles. The van der Waals surface area contributed by atoms with Crippen LogP contribution in [0.25, 0.3) is 0 Å². The Hall–Kier alpha value is -3.68. The fourth-order valence-corrected chi connectivity index (χ4v) is 4.26. The average Bonchev–Trinajstić information content (AvgIpc) is 3.46. The molecule has 1 atom stereocenters. The van der Waals surface area contributed by atoms with Crippen molar-refractivity contribution >= 4 is 29.0 Å². The minimum Gasteiger partial charge on any atom is -0.340 e. The second-order valence-electron chi connectivity index (χ2n) is 8.68. The Morgan fingerprint density at radius 1 is 1.15 bits per heavy atom. The second-order valence-corrected chi connectivity index (χ2v) is 8.68. The number of anilines is 3. The first-order chi connectivity index (χ1) is 16.0. The summed E-state index contributed by atoms with van der Waals surface area (Å²) in [5, 5.41) is 13.2. The number of aromatic nitrogens is 3. The number of nitrogens with zero attached hydrogens (tertiary/aromatic N) is 3. The maximum Gasteiger partial charge on any atom is 0.252 e. The van der Waals surface area contributed by atoms with Gasteiger partial charge in [0.1, 0.15) is 11.9 Å². The van der Waals surface area contributed by atoms with E-state index in [0.717, 1.165) is 29.9 Å². The van der Waals surface area contributed by atoms with E-state index in [1.54, 1.807) is 42.5 Å². The standard InChI is InChI=1S/C25H30N6O2/c1-17-7-6-12-26-23(17)28-20-11-5-10-19(14-20)24(32)30-22(13-18-8-3-4-9-18)25(33)29-21-15-27-31(2)16-21/h5-7,10-12,14-16,18,22H,3-4,8-9,13H2,1-2H3,(H,26,28)(H,29,33)(H,30,32)/t22-/m0/s1. The van der Waals surface area contributed by atoms with Crippen LogP contribution in [0.3, 0.4) is 0 Å². The van der Waals surface area contributed by atoms with E-state index in [1.165, 1.54) is 12.8 Å². The fraction of sp³-hybridized carbons (Fsp3) is 0.360. The summed E-state index contributed by atoms with van der Waals surface area (Å²) in [4.78, 5) is 30.5. The van der Waals surface area contributed by atoms with Crippen LogP contribution in [0.2, 0.25) is 0 Å². The molecule has 1 saturated carbocycles. The number of pyridine rings is 1. The van der Waals surface area contributed by atoms with Gasteiger partial charge in [0.25, 0.3) is 5.91 Å². The van der Waals surface area contributed by atoms with Gasteiger partial charge in [-0.1, -0.05) is 37.8 Å². The van der Waals surface area contributed by atoms with Crippen LogP contribution in [0, 0.1) is 12.8 Å². The van der Waals surface area contributed by atoms with Gasteiger partial charge in [0.15, 0.2) is 0 Å². The van der Waals surface area contributed by atoms with E-state index in [4.69, 9.17) is 0 Å². The van der Waals surface area contributed by atoms with Crippen molar-refractivity contribution in [1.82, 2.24) is 20.1 Å². The first-order valence-electron chi connectivity index (χ1n) is 11.4. The van der Waals surface area contributed by atoms with Crippen LogP contribution < -0.4 is 16.0 Å². The SMILES string of the molecule is Cc1cccnc1Nc1cccc(C(=O)N[C@@H](CC2CCCC2)C(=O)Nc2cnn(C)c2)c1. The number of benzene rings is 1. The number of carbonyl (C=O) groups is 2. The number of rotatable bonds is 8. The van der Waals surface area contributed by atoms with E-state index in [0.29, 0.717) is 23.6 Å². The zero-order chi connectivity index (χ0) is 23.2. The van der Waals surface area contributed by atoms with Crippen molar-refractivity contribution < 1.29 is 9.59 Å². The predicted octanol–water partition coefficient (Wildman–Crippen LogP) is 4.18. The lowest BCUT2D eigenvalue weighted by Crippen LogP contribution is -2.44. The summed E-state index contributed by atoms with van der Waals surface area (Å²) < 4.78 is 1.63. The maximum absolute atomic E-state index is 13.1. The molecule has 8 nitrogen and oxygen atoms in total. The van der Waals surface area contributed by atoms with Crippen LogP contribution in [0.15, 0.2) is 55.0 Å². The van der Waals surface area contributed by atoms with Gasteiger partial charge in [-0.15, -0.1) is 0 Å². The Morgan fingerprint density at radius 2 is 1.97 bits per heavy atom. The number of aryl methyl sites for hydroxylation is 2. The first-order valence-corrected chi connectivity index (χ1v) is 11.4. The number of hydrogen-bond acceptors (Lipinski definition) is 5. The summed E-state index contributed by atoms with van der Waals surface area (Å²) in [5.74, 6) is 0.683. The van der Waals surface area contributed by atoms with Crippen LogP contribution >= 0.6 is 0 Å². The van der Waals surface area contributed by atoms with Crippen molar-refractivity contribution in [3.63, 3.8) is 0 Å². The van der Waals surface area contributed by atoms with Crippen LogP contribution in [0.4, 0.5) is 17.2 Å². The normalized spacial score (nSPS) is 14.6. The molecule has 0 radical (unpaired) electrons. The molecule has 8 heteroatoms. The lowest BCUT2D eigenvalue weighted by atomic mass is 9.97. The Balaban J connectivity index is 1.47. The lowest BCUT2D eigenvalue weighted by Gasteiger charge is -2.21. The van der Waals surface area contributed by atoms with Gasteiger partial charge >= 0.3 is 0 Å². The molecule has 0 spiro atoms. The van der Waals surface area contributed by atoms with E-state index in [-0.39, 0.29) is 11.8 Å². The highest BCUT2D eigenvalue weighted by molar-refractivity contribution is 6.01. The van der Waals surface area contributed by atoms with Gasteiger partial charge in [-0.25, -0.2) is 4.98 Å². The molecule has 0 unspecified atom stereocenters. The lowest BCUT2D eigenvalue weighted by molar-refractivity contribution is -0.118. The molecule has 1 aliphatic rings. The van der Waals surface area contributed by atoms with Gasteiger partial charge in [-0.2, -0.15) is 5.10 Å². The Kier molecular flexibility index (Phi) is 7.02. The third kappa shape index (κ3) is 5.97. The Morgan fingerprint density at radius 3 is 2.70 bits per heavy atom. The van der Waals surface area contributed by atoms with Crippen molar-refractivity contribution in [2.24, 2.45) is 13.0 Å². The summed E-state index contributed by atoms with van der Waals surface area (Å²) >= 11 is 0. The minimum atomic E-state index is -0.615. The highest BCUT2D eigenvalue weighted by Crippen LogP contribution is 2.29. The van der Waals surface area contributed by atoms with Gasteiger partial charge in [-0.3, -0.25) is 14.3 Å². The third-order valence-corrected chi connectivity index (χ3v) is 6.03. The molecule has 4 rings (SSSR count). The quantitative estimate of drug-likeness (QED) is 0.482. The molecule has 33 heavy (non-hydrogen) atoms. The largest absolute Gasteiger partial charge is 0.340 e. The van der Waals surface area contributed by atoms with Crippen molar-refractivity contribution in [2.75, 3.05) is 10.6 Å². The summed E-state index contributed by atoms with van der Waals surface area (Å²) in [7, 11) is 1.79. The molecule has 0 aliphatic heterocycles.